The van der Waals surface area contributed by atoms with Crippen molar-refractivity contribution in [2.75, 3.05) is 4.90 Å². The van der Waals surface area contributed by atoms with Gasteiger partial charge in [-0.3, -0.25) is 19.7 Å². The third kappa shape index (κ3) is 1.85. The van der Waals surface area contributed by atoms with Gasteiger partial charge in [0.05, 0.1) is 22.8 Å². The third-order valence-electron chi connectivity index (χ3n) is 5.13. The maximum Gasteiger partial charge on any atom is 0.296 e. The number of rotatable bonds is 2. The van der Waals surface area contributed by atoms with Crippen LogP contribution >= 0.6 is 0 Å². The van der Waals surface area contributed by atoms with Gasteiger partial charge in [-0.05, 0) is 36.8 Å². The fourth-order valence-electron chi connectivity index (χ4n) is 4.14. The lowest BCUT2D eigenvalue weighted by Gasteiger charge is -2.38. The van der Waals surface area contributed by atoms with Crippen molar-refractivity contribution in [2.45, 2.75) is 12.8 Å². The minimum Gasteiger partial charge on any atom is -0.274 e. The van der Waals surface area contributed by atoms with Gasteiger partial charge in [-0.15, -0.1) is 0 Å². The number of allylic oxidation sites excluding steroid dienone is 2. The Hall–Kier alpha value is -2.57. The Labute approximate surface area is 130 Å². The molecule has 1 saturated carbocycles. The zero-order valence-electron chi connectivity index (χ0n) is 12.0. The molecular formula is C16H13FN2O4. The highest BCUT2D eigenvalue weighted by Crippen LogP contribution is 2.51. The molecule has 4 atom stereocenters. The number of halogens is 1. The Kier molecular flexibility index (Phi) is 2.88. The van der Waals surface area contributed by atoms with E-state index in [1.807, 2.05) is 12.2 Å². The van der Waals surface area contributed by atoms with Crippen LogP contribution in [0.3, 0.4) is 0 Å². The van der Waals surface area contributed by atoms with Crippen LogP contribution in [0.5, 0.6) is 0 Å². The summed E-state index contributed by atoms with van der Waals surface area (Å²) in [6.45, 7) is 0. The van der Waals surface area contributed by atoms with Crippen LogP contribution in [-0.2, 0) is 9.59 Å². The number of hydrogen-bond donors (Lipinski definition) is 0. The van der Waals surface area contributed by atoms with Crippen molar-refractivity contribution in [3.8, 4) is 0 Å². The molecule has 2 bridgehead atoms. The van der Waals surface area contributed by atoms with Crippen LogP contribution in [0.4, 0.5) is 15.8 Å². The monoisotopic (exact) mass is 316 g/mol. The molecule has 1 aliphatic heterocycles. The van der Waals surface area contributed by atoms with Crippen molar-refractivity contribution in [3.05, 3.63) is 46.3 Å². The van der Waals surface area contributed by atoms with Gasteiger partial charge in [0.25, 0.3) is 5.69 Å². The molecule has 3 aliphatic carbocycles. The van der Waals surface area contributed by atoms with Gasteiger partial charge >= 0.3 is 0 Å². The highest BCUT2D eigenvalue weighted by atomic mass is 19.1. The summed E-state index contributed by atoms with van der Waals surface area (Å²) in [5, 5.41) is 11.2. The number of imide groups is 1. The van der Waals surface area contributed by atoms with Crippen LogP contribution in [0.2, 0.25) is 0 Å². The summed E-state index contributed by atoms with van der Waals surface area (Å²) in [5.41, 5.74) is -0.703. The maximum absolute atomic E-state index is 13.3. The first-order valence-electron chi connectivity index (χ1n) is 7.49. The number of carbonyl (C=O) groups excluding carboxylic acids is 2. The lowest BCUT2D eigenvalue weighted by atomic mass is 9.63. The van der Waals surface area contributed by atoms with Crippen LogP contribution in [0.15, 0.2) is 30.4 Å². The molecule has 1 heterocycles. The first-order valence-corrected chi connectivity index (χ1v) is 7.49. The molecule has 6 nitrogen and oxygen atoms in total. The highest BCUT2D eigenvalue weighted by Gasteiger charge is 2.57. The van der Waals surface area contributed by atoms with E-state index >= 15 is 0 Å². The van der Waals surface area contributed by atoms with Gasteiger partial charge in [0.15, 0.2) is 0 Å². The average molecular weight is 316 g/mol. The van der Waals surface area contributed by atoms with E-state index in [0.29, 0.717) is 0 Å². The van der Waals surface area contributed by atoms with Crippen molar-refractivity contribution in [1.82, 2.24) is 0 Å². The summed E-state index contributed by atoms with van der Waals surface area (Å²) in [6.07, 6.45) is 5.65. The van der Waals surface area contributed by atoms with Crippen molar-refractivity contribution >= 4 is 23.2 Å². The minimum atomic E-state index is -0.779. The molecule has 118 valence electrons. The quantitative estimate of drug-likeness (QED) is 0.363. The molecule has 0 aromatic heterocycles. The normalized spacial score (nSPS) is 31.6. The second kappa shape index (κ2) is 4.71. The van der Waals surface area contributed by atoms with Crippen LogP contribution < -0.4 is 4.90 Å². The first kappa shape index (κ1) is 14.0. The van der Waals surface area contributed by atoms with Crippen molar-refractivity contribution in [1.29, 1.82) is 0 Å². The van der Waals surface area contributed by atoms with E-state index in [0.717, 1.165) is 35.9 Å². The average Bonchev–Trinajstić information content (AvgIpc) is 2.82. The molecule has 7 heteroatoms. The standard InChI is InChI=1S/C16H13FN2O4/c17-10-5-6-11(12(7-10)19(22)23)18-15(20)13-8-1-2-9(4-3-8)14(13)16(18)21/h1-2,5-9,13-14H,3-4H2/t8-,9-,13+,14+/m0/s1. The first-order chi connectivity index (χ1) is 11.0. The van der Waals surface area contributed by atoms with Gasteiger partial charge in [0, 0.05) is 0 Å². The van der Waals surface area contributed by atoms with E-state index in [-0.39, 0.29) is 17.5 Å². The molecule has 23 heavy (non-hydrogen) atoms. The number of benzene rings is 1. The predicted octanol–water partition coefficient (Wildman–Crippen LogP) is 2.44. The van der Waals surface area contributed by atoms with Crippen LogP contribution in [0, 0.1) is 39.6 Å². The predicted molar refractivity (Wildman–Crippen MR) is 77.9 cm³/mol. The van der Waals surface area contributed by atoms with Crippen LogP contribution in [0.1, 0.15) is 12.8 Å². The molecule has 2 fully saturated rings. The second-order valence-electron chi connectivity index (χ2n) is 6.24. The SMILES string of the molecule is O=C1[C@H]2[C@H](C(=O)N1c1ccc(F)cc1[N+](=O)[O-])[C@H]1C=C[C@H]2CC1. The largest absolute Gasteiger partial charge is 0.296 e. The number of nitro benzene ring substituents is 1. The second-order valence-corrected chi connectivity index (χ2v) is 6.24. The zero-order valence-corrected chi connectivity index (χ0v) is 12.0. The summed E-state index contributed by atoms with van der Waals surface area (Å²) < 4.78 is 13.3. The lowest BCUT2D eigenvalue weighted by molar-refractivity contribution is -0.384. The number of hydrogen-bond acceptors (Lipinski definition) is 4. The third-order valence-corrected chi connectivity index (χ3v) is 5.13. The van der Waals surface area contributed by atoms with E-state index in [9.17, 15) is 24.1 Å². The Balaban J connectivity index is 1.81. The topological polar surface area (TPSA) is 80.5 Å². The molecule has 2 amide bonds. The van der Waals surface area contributed by atoms with Gasteiger partial charge in [-0.2, -0.15) is 0 Å². The molecule has 0 radical (unpaired) electrons. The van der Waals surface area contributed by atoms with Crippen molar-refractivity contribution in [3.63, 3.8) is 0 Å². The number of nitro groups is 1. The number of anilines is 1. The molecule has 0 spiro atoms. The Morgan fingerprint density at radius 2 is 1.65 bits per heavy atom. The van der Waals surface area contributed by atoms with E-state index < -0.39 is 40.1 Å². The molecule has 4 aliphatic rings. The summed E-state index contributed by atoms with van der Waals surface area (Å²) in [5.74, 6) is -2.48. The Morgan fingerprint density at radius 1 is 1.09 bits per heavy atom. The van der Waals surface area contributed by atoms with Gasteiger partial charge in [-0.1, -0.05) is 12.2 Å². The Bertz CT molecular complexity index is 743. The lowest BCUT2D eigenvalue weighted by Crippen LogP contribution is -2.38. The van der Waals surface area contributed by atoms with Gasteiger partial charge in [0.1, 0.15) is 11.5 Å². The Morgan fingerprint density at radius 3 is 2.13 bits per heavy atom. The van der Waals surface area contributed by atoms with E-state index in [4.69, 9.17) is 0 Å². The van der Waals surface area contributed by atoms with Crippen molar-refractivity contribution in [2.24, 2.45) is 23.7 Å². The van der Waals surface area contributed by atoms with Crippen LogP contribution in [0.25, 0.3) is 0 Å². The summed E-state index contributed by atoms with van der Waals surface area (Å²) in [7, 11) is 0. The van der Waals surface area contributed by atoms with Crippen molar-refractivity contribution < 1.29 is 18.9 Å². The van der Waals surface area contributed by atoms with Crippen LogP contribution in [-0.4, -0.2) is 16.7 Å². The minimum absolute atomic E-state index is 0.00551. The molecular weight excluding hydrogens is 303 g/mol. The fraction of sp³-hybridized carbons (Fsp3) is 0.375. The van der Waals surface area contributed by atoms with Gasteiger partial charge < -0.3 is 0 Å². The number of carbonyl (C=O) groups is 2. The smallest absolute Gasteiger partial charge is 0.274 e. The van der Waals surface area contributed by atoms with Gasteiger partial charge in [0.2, 0.25) is 11.8 Å². The van der Waals surface area contributed by atoms with E-state index in [2.05, 4.69) is 0 Å². The molecule has 0 N–H and O–H groups in total. The van der Waals surface area contributed by atoms with Gasteiger partial charge in [-0.25, -0.2) is 9.29 Å². The van der Waals surface area contributed by atoms with E-state index in [1.54, 1.807) is 0 Å². The molecule has 1 aromatic rings. The summed E-state index contributed by atoms with van der Waals surface area (Å²) in [4.78, 5) is 36.8. The zero-order chi connectivity index (χ0) is 16.3. The highest BCUT2D eigenvalue weighted by molar-refractivity contribution is 6.23. The summed E-state index contributed by atoms with van der Waals surface area (Å²) >= 11 is 0. The number of fused-ring (bicyclic) bond motifs is 1. The van der Waals surface area contributed by atoms with E-state index in [1.165, 1.54) is 0 Å². The fourth-order valence-corrected chi connectivity index (χ4v) is 4.14. The molecule has 5 rings (SSSR count). The number of nitrogens with zero attached hydrogens (tertiary/aromatic N) is 2. The molecule has 1 saturated heterocycles. The number of amides is 2. The summed E-state index contributed by atoms with van der Waals surface area (Å²) in [6, 6.07) is 2.90. The molecule has 1 aromatic carbocycles. The maximum atomic E-state index is 13.3. The molecule has 0 unspecified atom stereocenters.